The summed E-state index contributed by atoms with van der Waals surface area (Å²) in [5.74, 6) is 0.198. The van der Waals surface area contributed by atoms with Gasteiger partial charge in [0.05, 0.1) is 18.4 Å². The molecule has 0 bridgehead atoms. The van der Waals surface area contributed by atoms with Crippen molar-refractivity contribution >= 4 is 23.1 Å². The lowest BCUT2D eigenvalue weighted by atomic mass is 10.0. The van der Waals surface area contributed by atoms with Gasteiger partial charge in [0, 0.05) is 26.2 Å². The molecule has 2 amide bonds. The third-order valence-electron chi connectivity index (χ3n) is 6.04. The van der Waals surface area contributed by atoms with Crippen molar-refractivity contribution in [2.45, 2.75) is 20.8 Å². The number of carbonyl (C=O) groups is 2. The topological polar surface area (TPSA) is 53.1 Å². The van der Waals surface area contributed by atoms with E-state index in [-0.39, 0.29) is 11.8 Å². The maximum Gasteiger partial charge on any atom is 0.282 e. The number of imide groups is 1. The number of amides is 2. The number of aryl methyl sites for hydroxylation is 2. The van der Waals surface area contributed by atoms with Gasteiger partial charge < -0.3 is 14.5 Å². The van der Waals surface area contributed by atoms with E-state index < -0.39 is 0 Å². The van der Waals surface area contributed by atoms with Gasteiger partial charge in [-0.05, 0) is 61.3 Å². The fraction of sp³-hybridized carbons (Fsp3) is 0.360. The van der Waals surface area contributed by atoms with Crippen LogP contribution in [-0.4, -0.2) is 61.4 Å². The first-order valence-corrected chi connectivity index (χ1v) is 10.8. The molecule has 6 nitrogen and oxygen atoms in total. The lowest BCUT2D eigenvalue weighted by molar-refractivity contribution is -0.120. The molecule has 0 unspecified atom stereocenters. The Morgan fingerprint density at radius 1 is 0.871 bits per heavy atom. The van der Waals surface area contributed by atoms with E-state index in [0.29, 0.717) is 22.7 Å². The van der Waals surface area contributed by atoms with E-state index in [1.165, 1.54) is 4.90 Å². The summed E-state index contributed by atoms with van der Waals surface area (Å²) in [4.78, 5) is 33.1. The molecule has 2 aromatic carbocycles. The third-order valence-corrected chi connectivity index (χ3v) is 6.04. The Hall–Kier alpha value is -3.12. The van der Waals surface area contributed by atoms with Gasteiger partial charge in [-0.3, -0.25) is 9.59 Å². The van der Waals surface area contributed by atoms with E-state index in [0.717, 1.165) is 49.4 Å². The van der Waals surface area contributed by atoms with Crippen LogP contribution in [0.2, 0.25) is 0 Å². The predicted molar refractivity (Wildman–Crippen MR) is 122 cm³/mol. The number of ether oxygens (including phenoxy) is 1. The van der Waals surface area contributed by atoms with Crippen molar-refractivity contribution in [3.63, 3.8) is 0 Å². The molecule has 0 radical (unpaired) electrons. The number of piperazine rings is 1. The smallest absolute Gasteiger partial charge is 0.282 e. The van der Waals surface area contributed by atoms with Crippen LogP contribution in [-0.2, 0) is 9.59 Å². The van der Waals surface area contributed by atoms with Gasteiger partial charge in [0.25, 0.3) is 11.8 Å². The van der Waals surface area contributed by atoms with Gasteiger partial charge in [-0.15, -0.1) is 0 Å². The molecule has 0 atom stereocenters. The molecule has 0 saturated carbocycles. The zero-order chi connectivity index (χ0) is 22.1. The Balaban J connectivity index is 1.78. The summed E-state index contributed by atoms with van der Waals surface area (Å²) in [5.41, 5.74) is 4.37. The molecule has 1 fully saturated rings. The standard InChI is InChI=1S/C25H29N3O3/c1-5-26-10-12-27(13-11-26)23-22(19-6-8-21(31-4)9-7-19)24(29)28(25(23)30)20-15-17(2)14-18(3)16-20/h6-9,14-16H,5,10-13H2,1-4H3. The van der Waals surface area contributed by atoms with Crippen molar-refractivity contribution < 1.29 is 14.3 Å². The van der Waals surface area contributed by atoms with Gasteiger partial charge in [0.15, 0.2) is 0 Å². The molecule has 2 aromatic rings. The SMILES string of the molecule is CCN1CCN(C2=C(c3ccc(OC)cc3)C(=O)N(c3cc(C)cc(C)c3)C2=O)CC1. The average molecular weight is 420 g/mol. The number of methoxy groups -OCH3 is 1. The van der Waals surface area contributed by atoms with Gasteiger partial charge in [-0.2, -0.15) is 0 Å². The van der Waals surface area contributed by atoms with Crippen molar-refractivity contribution in [3.8, 4) is 5.75 Å². The van der Waals surface area contributed by atoms with E-state index in [4.69, 9.17) is 4.74 Å². The molecule has 2 aliphatic heterocycles. The van der Waals surface area contributed by atoms with Crippen LogP contribution >= 0.6 is 0 Å². The Morgan fingerprint density at radius 2 is 1.48 bits per heavy atom. The van der Waals surface area contributed by atoms with Gasteiger partial charge in [0.2, 0.25) is 0 Å². The van der Waals surface area contributed by atoms with Crippen LogP contribution < -0.4 is 9.64 Å². The van der Waals surface area contributed by atoms with Crippen LogP contribution in [0.5, 0.6) is 5.75 Å². The first-order valence-electron chi connectivity index (χ1n) is 10.8. The fourth-order valence-electron chi connectivity index (χ4n) is 4.43. The molecule has 31 heavy (non-hydrogen) atoms. The largest absolute Gasteiger partial charge is 0.497 e. The molecule has 2 heterocycles. The molecule has 4 rings (SSSR count). The minimum absolute atomic E-state index is 0.245. The van der Waals surface area contributed by atoms with Gasteiger partial charge in [0.1, 0.15) is 11.4 Å². The summed E-state index contributed by atoms with van der Waals surface area (Å²) in [5, 5.41) is 0. The number of hydrogen-bond donors (Lipinski definition) is 0. The van der Waals surface area contributed by atoms with Gasteiger partial charge in [-0.25, -0.2) is 4.90 Å². The third kappa shape index (κ3) is 3.95. The van der Waals surface area contributed by atoms with Gasteiger partial charge >= 0.3 is 0 Å². The molecule has 0 aliphatic carbocycles. The van der Waals surface area contributed by atoms with Gasteiger partial charge in [-0.1, -0.05) is 25.1 Å². The van der Waals surface area contributed by atoms with Crippen molar-refractivity contribution in [1.29, 1.82) is 0 Å². The normalized spacial score (nSPS) is 17.7. The van der Waals surface area contributed by atoms with E-state index in [2.05, 4.69) is 16.7 Å². The van der Waals surface area contributed by atoms with Crippen LogP contribution in [0.25, 0.3) is 5.57 Å². The van der Waals surface area contributed by atoms with E-state index >= 15 is 0 Å². The number of rotatable bonds is 5. The highest BCUT2D eigenvalue weighted by Gasteiger charge is 2.43. The quantitative estimate of drug-likeness (QED) is 0.697. The summed E-state index contributed by atoms with van der Waals surface area (Å²) in [6.07, 6.45) is 0. The number of carbonyl (C=O) groups excluding carboxylic acids is 2. The van der Waals surface area contributed by atoms with E-state index in [9.17, 15) is 9.59 Å². The van der Waals surface area contributed by atoms with E-state index in [1.54, 1.807) is 7.11 Å². The molecule has 0 aromatic heterocycles. The second kappa shape index (κ2) is 8.55. The number of hydrogen-bond acceptors (Lipinski definition) is 5. The summed E-state index contributed by atoms with van der Waals surface area (Å²) >= 11 is 0. The number of benzene rings is 2. The molecule has 2 aliphatic rings. The fourth-order valence-corrected chi connectivity index (χ4v) is 4.43. The van der Waals surface area contributed by atoms with Crippen LogP contribution in [0, 0.1) is 13.8 Å². The lowest BCUT2D eigenvalue weighted by Gasteiger charge is -2.36. The molecule has 0 N–H and O–H groups in total. The van der Waals surface area contributed by atoms with Crippen molar-refractivity contribution in [3.05, 3.63) is 64.9 Å². The Labute approximate surface area is 183 Å². The average Bonchev–Trinajstić information content (AvgIpc) is 3.03. The summed E-state index contributed by atoms with van der Waals surface area (Å²) in [6, 6.07) is 13.2. The molecular formula is C25H29N3O3. The highest BCUT2D eigenvalue weighted by molar-refractivity contribution is 6.45. The number of likely N-dealkylation sites (N-methyl/N-ethyl adjacent to an activating group) is 1. The van der Waals surface area contributed by atoms with Crippen LogP contribution in [0.15, 0.2) is 48.2 Å². The Bertz CT molecular complexity index is 1010. The second-order valence-electron chi connectivity index (χ2n) is 8.17. The number of nitrogens with zero attached hydrogens (tertiary/aromatic N) is 3. The van der Waals surface area contributed by atoms with Crippen LogP contribution in [0.3, 0.4) is 0 Å². The molecular weight excluding hydrogens is 390 g/mol. The van der Waals surface area contributed by atoms with Crippen molar-refractivity contribution in [2.24, 2.45) is 0 Å². The summed E-state index contributed by atoms with van der Waals surface area (Å²) < 4.78 is 5.27. The number of anilines is 1. The lowest BCUT2D eigenvalue weighted by Crippen LogP contribution is -2.47. The summed E-state index contributed by atoms with van der Waals surface area (Å²) in [6.45, 7) is 10.3. The van der Waals surface area contributed by atoms with Crippen LogP contribution in [0.4, 0.5) is 5.69 Å². The molecule has 1 saturated heterocycles. The first kappa shape index (κ1) is 21.1. The van der Waals surface area contributed by atoms with Crippen molar-refractivity contribution in [2.75, 3.05) is 44.7 Å². The highest BCUT2D eigenvalue weighted by atomic mass is 16.5. The summed E-state index contributed by atoms with van der Waals surface area (Å²) in [7, 11) is 1.61. The first-order chi connectivity index (χ1) is 14.9. The maximum absolute atomic E-state index is 13.7. The highest BCUT2D eigenvalue weighted by Crippen LogP contribution is 2.36. The minimum Gasteiger partial charge on any atom is -0.497 e. The molecule has 6 heteroatoms. The minimum atomic E-state index is -0.270. The van der Waals surface area contributed by atoms with Crippen molar-refractivity contribution in [1.82, 2.24) is 9.80 Å². The zero-order valence-corrected chi connectivity index (χ0v) is 18.6. The Kier molecular flexibility index (Phi) is 5.83. The predicted octanol–water partition coefficient (Wildman–Crippen LogP) is 3.23. The monoisotopic (exact) mass is 419 g/mol. The Morgan fingerprint density at radius 3 is 2.03 bits per heavy atom. The zero-order valence-electron chi connectivity index (χ0n) is 18.6. The second-order valence-corrected chi connectivity index (χ2v) is 8.17. The van der Waals surface area contributed by atoms with E-state index in [1.807, 2.05) is 56.3 Å². The molecule has 162 valence electrons. The maximum atomic E-state index is 13.7. The van der Waals surface area contributed by atoms with Crippen LogP contribution in [0.1, 0.15) is 23.6 Å². The molecule has 0 spiro atoms.